The molecule has 0 bridgehead atoms. The fraction of sp³-hybridized carbons (Fsp3) is 0.444. The summed E-state index contributed by atoms with van der Waals surface area (Å²) in [6.07, 6.45) is 7.25. The summed E-state index contributed by atoms with van der Waals surface area (Å²) < 4.78 is 1.83. The lowest BCUT2D eigenvalue weighted by molar-refractivity contribution is 0.772. The Morgan fingerprint density at radius 1 is 1.40 bits per heavy atom. The molecule has 3 N–H and O–H groups in total. The minimum absolute atomic E-state index is 0.726. The maximum atomic E-state index is 5.41. The first-order valence-corrected chi connectivity index (χ1v) is 5.00. The van der Waals surface area contributed by atoms with Gasteiger partial charge in [0.15, 0.2) is 5.82 Å². The van der Waals surface area contributed by atoms with Crippen LogP contribution in [0.4, 0.5) is 5.82 Å². The van der Waals surface area contributed by atoms with Crippen LogP contribution >= 0.6 is 0 Å². The maximum absolute atomic E-state index is 5.41. The Morgan fingerprint density at radius 2 is 2.33 bits per heavy atom. The van der Waals surface area contributed by atoms with Crippen molar-refractivity contribution >= 4 is 11.5 Å². The molecule has 0 atom stereocenters. The Balaban J connectivity index is 2.04. The lowest BCUT2D eigenvalue weighted by Crippen LogP contribution is -2.07. The third kappa shape index (κ3) is 2.21. The summed E-state index contributed by atoms with van der Waals surface area (Å²) in [5.74, 6) is 0.770. The van der Waals surface area contributed by atoms with Gasteiger partial charge in [0.2, 0.25) is 5.65 Å². The number of rotatable bonds is 5. The predicted octanol–water partition coefficient (Wildman–Crippen LogP) is 0.275. The molecule has 0 aliphatic heterocycles. The molecule has 2 rings (SSSR count). The molecule has 0 fully saturated rings. The fourth-order valence-corrected chi connectivity index (χ4v) is 1.36. The van der Waals surface area contributed by atoms with Crippen LogP contribution in [-0.4, -0.2) is 32.7 Å². The van der Waals surface area contributed by atoms with Crippen molar-refractivity contribution in [2.45, 2.75) is 12.8 Å². The zero-order valence-electron chi connectivity index (χ0n) is 8.43. The molecule has 6 nitrogen and oxygen atoms in total. The van der Waals surface area contributed by atoms with Gasteiger partial charge in [0.25, 0.3) is 0 Å². The van der Waals surface area contributed by atoms with Crippen LogP contribution in [-0.2, 0) is 0 Å². The SMILES string of the molecule is NCCCCNc1nccn2cnnc12. The van der Waals surface area contributed by atoms with Crippen molar-refractivity contribution in [2.24, 2.45) is 5.73 Å². The zero-order chi connectivity index (χ0) is 10.5. The van der Waals surface area contributed by atoms with Crippen LogP contribution in [0.3, 0.4) is 0 Å². The number of unbranched alkanes of at least 4 members (excludes halogenated alkanes) is 1. The molecule has 6 heteroatoms. The Bertz CT molecular complexity index is 423. The second-order valence-corrected chi connectivity index (χ2v) is 3.26. The molecule has 0 amide bonds. The van der Waals surface area contributed by atoms with Crippen LogP contribution in [0.2, 0.25) is 0 Å². The Labute approximate surface area is 87.5 Å². The van der Waals surface area contributed by atoms with E-state index in [4.69, 9.17) is 5.73 Å². The minimum atomic E-state index is 0.726. The Hall–Kier alpha value is -1.69. The standard InChI is InChI=1S/C9H14N6/c10-3-1-2-4-11-8-9-14-13-7-15(9)6-5-12-8/h5-7H,1-4,10H2,(H,11,12). The van der Waals surface area contributed by atoms with Crippen molar-refractivity contribution in [3.8, 4) is 0 Å². The topological polar surface area (TPSA) is 81.1 Å². The van der Waals surface area contributed by atoms with E-state index in [1.54, 1.807) is 12.5 Å². The summed E-state index contributed by atoms with van der Waals surface area (Å²) in [5, 5.41) is 11.0. The van der Waals surface area contributed by atoms with Gasteiger partial charge in [-0.3, -0.25) is 4.40 Å². The first kappa shape index (κ1) is 9.85. The Kier molecular flexibility index (Phi) is 3.08. The number of nitrogens with zero attached hydrogens (tertiary/aromatic N) is 4. The van der Waals surface area contributed by atoms with E-state index in [0.29, 0.717) is 0 Å². The summed E-state index contributed by atoms with van der Waals surface area (Å²) in [6.45, 7) is 1.58. The summed E-state index contributed by atoms with van der Waals surface area (Å²) in [5.41, 5.74) is 6.17. The average molecular weight is 206 g/mol. The third-order valence-corrected chi connectivity index (χ3v) is 2.14. The highest BCUT2D eigenvalue weighted by Crippen LogP contribution is 2.09. The first-order valence-electron chi connectivity index (χ1n) is 5.00. The van der Waals surface area contributed by atoms with Crippen LogP contribution < -0.4 is 11.1 Å². The van der Waals surface area contributed by atoms with Crippen molar-refractivity contribution in [3.05, 3.63) is 18.7 Å². The third-order valence-electron chi connectivity index (χ3n) is 2.14. The van der Waals surface area contributed by atoms with Crippen LogP contribution in [0.15, 0.2) is 18.7 Å². The van der Waals surface area contributed by atoms with Crippen molar-refractivity contribution in [3.63, 3.8) is 0 Å². The number of aromatic nitrogens is 4. The molecule has 0 saturated heterocycles. The number of nitrogens with two attached hydrogens (primary N) is 1. The average Bonchev–Trinajstić information content (AvgIpc) is 2.73. The molecule has 2 aromatic heterocycles. The molecule has 0 aliphatic rings. The quantitative estimate of drug-likeness (QED) is 0.686. The lowest BCUT2D eigenvalue weighted by Gasteiger charge is -2.04. The highest BCUT2D eigenvalue weighted by atomic mass is 15.2. The molecule has 2 aromatic rings. The molecule has 2 heterocycles. The van der Waals surface area contributed by atoms with Crippen LogP contribution in [0.1, 0.15) is 12.8 Å². The highest BCUT2D eigenvalue weighted by Gasteiger charge is 2.02. The van der Waals surface area contributed by atoms with Crippen molar-refractivity contribution in [1.82, 2.24) is 19.6 Å². The maximum Gasteiger partial charge on any atom is 0.203 e. The van der Waals surface area contributed by atoms with E-state index in [1.807, 2.05) is 10.6 Å². The zero-order valence-corrected chi connectivity index (χ0v) is 8.43. The molecule has 0 aromatic carbocycles. The number of nitrogens with one attached hydrogen (secondary N) is 1. The van der Waals surface area contributed by atoms with Crippen LogP contribution in [0, 0.1) is 0 Å². The molecule has 0 saturated carbocycles. The molecule has 0 unspecified atom stereocenters. The lowest BCUT2D eigenvalue weighted by atomic mass is 10.3. The number of hydrogen-bond acceptors (Lipinski definition) is 5. The molecule has 0 spiro atoms. The van der Waals surface area contributed by atoms with Crippen molar-refractivity contribution < 1.29 is 0 Å². The van der Waals surface area contributed by atoms with Gasteiger partial charge in [0.05, 0.1) is 0 Å². The van der Waals surface area contributed by atoms with E-state index in [2.05, 4.69) is 20.5 Å². The summed E-state index contributed by atoms with van der Waals surface area (Å²) >= 11 is 0. The van der Waals surface area contributed by atoms with E-state index in [0.717, 1.165) is 37.4 Å². The van der Waals surface area contributed by atoms with Crippen LogP contribution in [0.25, 0.3) is 5.65 Å². The van der Waals surface area contributed by atoms with Gasteiger partial charge in [-0.2, -0.15) is 0 Å². The van der Waals surface area contributed by atoms with Gasteiger partial charge < -0.3 is 11.1 Å². The van der Waals surface area contributed by atoms with Gasteiger partial charge in [-0.15, -0.1) is 10.2 Å². The van der Waals surface area contributed by atoms with Gasteiger partial charge in [0, 0.05) is 18.9 Å². The Morgan fingerprint density at radius 3 is 3.20 bits per heavy atom. The summed E-state index contributed by atoms with van der Waals surface area (Å²) in [7, 11) is 0. The van der Waals surface area contributed by atoms with E-state index in [1.165, 1.54) is 0 Å². The highest BCUT2D eigenvalue weighted by molar-refractivity contribution is 5.61. The molecule has 80 valence electrons. The van der Waals surface area contributed by atoms with E-state index >= 15 is 0 Å². The van der Waals surface area contributed by atoms with Gasteiger partial charge in [-0.25, -0.2) is 4.98 Å². The van der Waals surface area contributed by atoms with Gasteiger partial charge >= 0.3 is 0 Å². The molecule has 0 radical (unpaired) electrons. The van der Waals surface area contributed by atoms with Gasteiger partial charge in [0.1, 0.15) is 6.33 Å². The van der Waals surface area contributed by atoms with Gasteiger partial charge in [-0.05, 0) is 19.4 Å². The largest absolute Gasteiger partial charge is 0.367 e. The second-order valence-electron chi connectivity index (χ2n) is 3.26. The smallest absolute Gasteiger partial charge is 0.203 e. The summed E-state index contributed by atoms with van der Waals surface area (Å²) in [6, 6.07) is 0. The monoisotopic (exact) mass is 206 g/mol. The molecule has 15 heavy (non-hydrogen) atoms. The first-order chi connectivity index (χ1) is 7.42. The fourth-order valence-electron chi connectivity index (χ4n) is 1.36. The molecule has 0 aliphatic carbocycles. The van der Waals surface area contributed by atoms with Crippen molar-refractivity contribution in [2.75, 3.05) is 18.4 Å². The molecular formula is C9H14N6. The second kappa shape index (κ2) is 4.70. The normalized spacial score (nSPS) is 10.7. The minimum Gasteiger partial charge on any atom is -0.367 e. The molecular weight excluding hydrogens is 192 g/mol. The predicted molar refractivity (Wildman–Crippen MR) is 57.6 cm³/mol. The number of hydrogen-bond donors (Lipinski definition) is 2. The number of anilines is 1. The van der Waals surface area contributed by atoms with Gasteiger partial charge in [-0.1, -0.05) is 0 Å². The van der Waals surface area contributed by atoms with Crippen LogP contribution in [0.5, 0.6) is 0 Å². The summed E-state index contributed by atoms with van der Waals surface area (Å²) in [4.78, 5) is 4.21. The van der Waals surface area contributed by atoms with Crippen molar-refractivity contribution in [1.29, 1.82) is 0 Å². The van der Waals surface area contributed by atoms with E-state index in [-0.39, 0.29) is 0 Å². The van der Waals surface area contributed by atoms with E-state index < -0.39 is 0 Å². The number of fused-ring (bicyclic) bond motifs is 1. The van der Waals surface area contributed by atoms with E-state index in [9.17, 15) is 0 Å².